The van der Waals surface area contributed by atoms with Gasteiger partial charge in [-0.15, -0.1) is 0 Å². The van der Waals surface area contributed by atoms with Crippen molar-refractivity contribution in [2.24, 2.45) is 0 Å². The van der Waals surface area contributed by atoms with Gasteiger partial charge >= 0.3 is 0 Å². The molecule has 0 aliphatic carbocycles. The van der Waals surface area contributed by atoms with E-state index in [4.69, 9.17) is 9.47 Å². The van der Waals surface area contributed by atoms with Crippen LogP contribution in [0.15, 0.2) is 48.5 Å². The minimum absolute atomic E-state index is 0.0803. The molecule has 22 heavy (non-hydrogen) atoms. The van der Waals surface area contributed by atoms with E-state index in [1.807, 2.05) is 30.3 Å². The summed E-state index contributed by atoms with van der Waals surface area (Å²) in [5, 5.41) is 3.31. The number of anilines is 1. The molecule has 3 rings (SSSR count). The summed E-state index contributed by atoms with van der Waals surface area (Å²) in [7, 11) is 1.58. The highest BCUT2D eigenvalue weighted by Gasteiger charge is 2.08. The molecule has 0 aliphatic rings. The number of rotatable bonds is 5. The summed E-state index contributed by atoms with van der Waals surface area (Å²) in [6.45, 7) is -0.0803. The molecule has 1 N–H and O–H groups in total. The molecule has 6 heteroatoms. The lowest BCUT2D eigenvalue weighted by Gasteiger charge is -2.07. The van der Waals surface area contributed by atoms with E-state index in [0.29, 0.717) is 16.6 Å². The number of nitrogens with one attached hydrogen (secondary N) is 1. The van der Waals surface area contributed by atoms with Crippen LogP contribution in [0.25, 0.3) is 10.2 Å². The van der Waals surface area contributed by atoms with Crippen LogP contribution in [-0.2, 0) is 4.79 Å². The Labute approximate surface area is 131 Å². The van der Waals surface area contributed by atoms with Gasteiger partial charge in [0, 0.05) is 6.07 Å². The van der Waals surface area contributed by atoms with Crippen LogP contribution in [-0.4, -0.2) is 24.6 Å². The summed E-state index contributed by atoms with van der Waals surface area (Å²) in [5.41, 5.74) is 0.872. The summed E-state index contributed by atoms with van der Waals surface area (Å²) in [4.78, 5) is 16.3. The smallest absolute Gasteiger partial charge is 0.264 e. The number of nitrogens with zero attached hydrogens (tertiary/aromatic N) is 1. The van der Waals surface area contributed by atoms with Crippen molar-refractivity contribution in [3.63, 3.8) is 0 Å². The van der Waals surface area contributed by atoms with Gasteiger partial charge in [0.25, 0.3) is 5.91 Å². The summed E-state index contributed by atoms with van der Waals surface area (Å²) in [6.07, 6.45) is 0. The molecule has 2 aromatic carbocycles. The molecular formula is C16H14N2O3S. The first-order chi connectivity index (χ1) is 10.7. The third-order valence-electron chi connectivity index (χ3n) is 2.95. The number of benzene rings is 2. The molecule has 1 heterocycles. The van der Waals surface area contributed by atoms with Gasteiger partial charge in [-0.1, -0.05) is 29.5 Å². The van der Waals surface area contributed by atoms with Crippen molar-refractivity contribution in [3.05, 3.63) is 48.5 Å². The van der Waals surface area contributed by atoms with Gasteiger partial charge < -0.3 is 9.47 Å². The number of carbonyl (C=O) groups excluding carboxylic acids is 1. The number of para-hydroxylation sites is 1. The number of fused-ring (bicyclic) bond motifs is 1. The Morgan fingerprint density at radius 3 is 2.82 bits per heavy atom. The zero-order chi connectivity index (χ0) is 15.4. The standard InChI is InChI=1S/C16H14N2O3S/c1-20-11-5-4-6-12(9-11)21-10-15(19)18-16-17-13-7-2-3-8-14(13)22-16/h2-9H,10H2,1H3,(H,17,18,19). The minimum atomic E-state index is -0.248. The maximum atomic E-state index is 11.9. The molecule has 0 saturated heterocycles. The molecule has 3 aromatic rings. The molecule has 0 atom stereocenters. The van der Waals surface area contributed by atoms with Crippen LogP contribution in [0.4, 0.5) is 5.13 Å². The van der Waals surface area contributed by atoms with E-state index in [-0.39, 0.29) is 12.5 Å². The molecule has 0 fully saturated rings. The van der Waals surface area contributed by atoms with Gasteiger partial charge in [0.15, 0.2) is 11.7 Å². The number of aromatic nitrogens is 1. The molecule has 0 bridgehead atoms. The van der Waals surface area contributed by atoms with Crippen molar-refractivity contribution in [2.45, 2.75) is 0 Å². The van der Waals surface area contributed by atoms with Crippen molar-refractivity contribution in [2.75, 3.05) is 19.0 Å². The van der Waals surface area contributed by atoms with Crippen LogP contribution in [0.3, 0.4) is 0 Å². The molecule has 1 amide bonds. The predicted octanol–water partition coefficient (Wildman–Crippen LogP) is 3.32. The lowest BCUT2D eigenvalue weighted by molar-refractivity contribution is -0.118. The molecule has 112 valence electrons. The number of thiazole rings is 1. The van der Waals surface area contributed by atoms with Crippen molar-refractivity contribution < 1.29 is 14.3 Å². The molecule has 0 saturated carbocycles. The van der Waals surface area contributed by atoms with Crippen LogP contribution in [0.2, 0.25) is 0 Å². The minimum Gasteiger partial charge on any atom is -0.497 e. The van der Waals surface area contributed by atoms with Gasteiger partial charge in [0.1, 0.15) is 11.5 Å². The van der Waals surface area contributed by atoms with E-state index in [0.717, 1.165) is 10.2 Å². The molecule has 0 spiro atoms. The van der Waals surface area contributed by atoms with Crippen LogP contribution in [0.5, 0.6) is 11.5 Å². The fraction of sp³-hybridized carbons (Fsp3) is 0.125. The Bertz CT molecular complexity index is 768. The van der Waals surface area contributed by atoms with Crippen molar-refractivity contribution in [3.8, 4) is 11.5 Å². The lowest BCUT2D eigenvalue weighted by Crippen LogP contribution is -2.19. The first-order valence-electron chi connectivity index (χ1n) is 6.67. The van der Waals surface area contributed by atoms with Crippen LogP contribution in [0.1, 0.15) is 0 Å². The third-order valence-corrected chi connectivity index (χ3v) is 3.90. The van der Waals surface area contributed by atoms with Crippen molar-refractivity contribution >= 4 is 32.6 Å². The van der Waals surface area contributed by atoms with E-state index in [1.165, 1.54) is 11.3 Å². The lowest BCUT2D eigenvalue weighted by atomic mass is 10.3. The third kappa shape index (κ3) is 3.35. The SMILES string of the molecule is COc1cccc(OCC(=O)Nc2nc3ccccc3s2)c1. The topological polar surface area (TPSA) is 60.5 Å². The fourth-order valence-corrected chi connectivity index (χ4v) is 2.80. The Hall–Kier alpha value is -2.60. The average Bonchev–Trinajstić information content (AvgIpc) is 2.95. The Morgan fingerprint density at radius 2 is 2.00 bits per heavy atom. The normalized spacial score (nSPS) is 10.4. The Morgan fingerprint density at radius 1 is 1.18 bits per heavy atom. The van der Waals surface area contributed by atoms with Crippen LogP contribution >= 0.6 is 11.3 Å². The van der Waals surface area contributed by atoms with Crippen molar-refractivity contribution in [1.29, 1.82) is 0 Å². The summed E-state index contributed by atoms with van der Waals surface area (Å²) >= 11 is 1.43. The molecule has 1 aromatic heterocycles. The predicted molar refractivity (Wildman–Crippen MR) is 86.7 cm³/mol. The Balaban J connectivity index is 1.60. The second-order valence-electron chi connectivity index (χ2n) is 4.50. The number of ether oxygens (including phenoxy) is 2. The van der Waals surface area contributed by atoms with E-state index in [1.54, 1.807) is 25.3 Å². The zero-order valence-electron chi connectivity index (χ0n) is 11.9. The largest absolute Gasteiger partial charge is 0.497 e. The van der Waals surface area contributed by atoms with E-state index < -0.39 is 0 Å². The number of methoxy groups -OCH3 is 1. The maximum absolute atomic E-state index is 11.9. The molecule has 0 radical (unpaired) electrons. The molecule has 0 aliphatic heterocycles. The number of amides is 1. The monoisotopic (exact) mass is 314 g/mol. The fourth-order valence-electron chi connectivity index (χ4n) is 1.92. The highest BCUT2D eigenvalue weighted by atomic mass is 32.1. The highest BCUT2D eigenvalue weighted by Crippen LogP contribution is 2.25. The molecule has 0 unspecified atom stereocenters. The molecular weight excluding hydrogens is 300 g/mol. The van der Waals surface area contributed by atoms with Gasteiger partial charge in [-0.3, -0.25) is 10.1 Å². The van der Waals surface area contributed by atoms with Gasteiger partial charge in [-0.25, -0.2) is 4.98 Å². The van der Waals surface area contributed by atoms with Crippen LogP contribution in [0, 0.1) is 0 Å². The maximum Gasteiger partial charge on any atom is 0.264 e. The van der Waals surface area contributed by atoms with E-state index >= 15 is 0 Å². The number of carbonyl (C=O) groups is 1. The second-order valence-corrected chi connectivity index (χ2v) is 5.53. The highest BCUT2D eigenvalue weighted by molar-refractivity contribution is 7.22. The van der Waals surface area contributed by atoms with Crippen molar-refractivity contribution in [1.82, 2.24) is 4.98 Å². The summed E-state index contributed by atoms with van der Waals surface area (Å²) in [5.74, 6) is 1.02. The van der Waals surface area contributed by atoms with Crippen LogP contribution < -0.4 is 14.8 Å². The van der Waals surface area contributed by atoms with Gasteiger partial charge in [-0.2, -0.15) is 0 Å². The zero-order valence-corrected chi connectivity index (χ0v) is 12.7. The first kappa shape index (κ1) is 14.3. The van der Waals surface area contributed by atoms with E-state index in [9.17, 15) is 4.79 Å². The Kier molecular flexibility index (Phi) is 4.20. The number of hydrogen-bond acceptors (Lipinski definition) is 5. The van der Waals surface area contributed by atoms with Gasteiger partial charge in [-0.05, 0) is 24.3 Å². The van der Waals surface area contributed by atoms with E-state index in [2.05, 4.69) is 10.3 Å². The van der Waals surface area contributed by atoms with Gasteiger partial charge in [0.2, 0.25) is 0 Å². The van der Waals surface area contributed by atoms with Gasteiger partial charge in [0.05, 0.1) is 17.3 Å². The second kappa shape index (κ2) is 6.44. The molecule has 5 nitrogen and oxygen atoms in total. The summed E-state index contributed by atoms with van der Waals surface area (Å²) in [6, 6.07) is 14.9. The number of hydrogen-bond donors (Lipinski definition) is 1. The summed E-state index contributed by atoms with van der Waals surface area (Å²) < 4.78 is 11.6. The quantitative estimate of drug-likeness (QED) is 0.785. The first-order valence-corrected chi connectivity index (χ1v) is 7.48. The average molecular weight is 314 g/mol.